The summed E-state index contributed by atoms with van der Waals surface area (Å²) in [6.07, 6.45) is 1.02. The first-order valence-corrected chi connectivity index (χ1v) is 7.18. The smallest absolute Gasteiger partial charge is 0.154 e. The lowest BCUT2D eigenvalue weighted by molar-refractivity contribution is 1.11. The van der Waals surface area contributed by atoms with Crippen molar-refractivity contribution >= 4 is 40.5 Å². The highest BCUT2D eigenvalue weighted by molar-refractivity contribution is 6.37. The topological polar surface area (TPSA) is 28.2 Å². The van der Waals surface area contributed by atoms with Gasteiger partial charge in [0.05, 0.1) is 10.0 Å². The van der Waals surface area contributed by atoms with E-state index in [0.717, 1.165) is 12.1 Å². The van der Waals surface area contributed by atoms with Gasteiger partial charge in [-0.1, -0.05) is 42.3 Å². The van der Waals surface area contributed by atoms with Gasteiger partial charge < -0.3 is 10.2 Å². The van der Waals surface area contributed by atoms with Crippen LogP contribution in [0, 0.1) is 0 Å². The number of nitrogens with one attached hydrogen (secondary N) is 1. The van der Waals surface area contributed by atoms with Crippen LogP contribution >= 0.6 is 23.2 Å². The third kappa shape index (κ3) is 3.00. The first kappa shape index (κ1) is 14.9. The Morgan fingerprint density at radius 1 is 1.15 bits per heavy atom. The number of aryl methyl sites for hydroxylation is 1. The quantitative estimate of drug-likeness (QED) is 0.882. The van der Waals surface area contributed by atoms with Crippen LogP contribution in [0.2, 0.25) is 10.0 Å². The van der Waals surface area contributed by atoms with Crippen LogP contribution in [0.25, 0.3) is 0 Å². The molecule has 0 amide bonds. The molecule has 20 heavy (non-hydrogen) atoms. The SMILES string of the molecule is CCc1ccc(N(C)c2nc(NC)c(Cl)cc2Cl)cc1. The third-order valence-corrected chi connectivity index (χ3v) is 3.76. The molecule has 2 rings (SSSR count). The number of halogens is 2. The summed E-state index contributed by atoms with van der Waals surface area (Å²) in [7, 11) is 3.71. The number of benzene rings is 1. The molecule has 0 aliphatic carbocycles. The van der Waals surface area contributed by atoms with Crippen molar-refractivity contribution in [1.82, 2.24) is 4.98 Å². The maximum absolute atomic E-state index is 6.25. The molecule has 1 aromatic heterocycles. The molecule has 5 heteroatoms. The van der Waals surface area contributed by atoms with E-state index in [9.17, 15) is 0 Å². The van der Waals surface area contributed by atoms with Crippen molar-refractivity contribution in [3.8, 4) is 0 Å². The van der Waals surface area contributed by atoms with E-state index in [1.54, 1.807) is 13.1 Å². The highest BCUT2D eigenvalue weighted by Gasteiger charge is 2.13. The Morgan fingerprint density at radius 3 is 2.35 bits per heavy atom. The molecule has 0 atom stereocenters. The van der Waals surface area contributed by atoms with E-state index in [4.69, 9.17) is 23.2 Å². The molecule has 0 bridgehead atoms. The second-order valence-corrected chi connectivity index (χ2v) is 5.27. The van der Waals surface area contributed by atoms with E-state index < -0.39 is 0 Å². The van der Waals surface area contributed by atoms with Gasteiger partial charge in [-0.15, -0.1) is 0 Å². The van der Waals surface area contributed by atoms with Crippen LogP contribution in [0.1, 0.15) is 12.5 Å². The molecule has 0 radical (unpaired) electrons. The van der Waals surface area contributed by atoms with Gasteiger partial charge in [-0.25, -0.2) is 4.98 Å². The molecule has 1 N–H and O–H groups in total. The Kier molecular flexibility index (Phi) is 4.73. The lowest BCUT2D eigenvalue weighted by Crippen LogP contribution is -2.12. The summed E-state index contributed by atoms with van der Waals surface area (Å²) < 4.78 is 0. The molecule has 0 fully saturated rings. The standard InChI is InChI=1S/C15H17Cl2N3/c1-4-10-5-7-11(8-6-10)20(3)15-13(17)9-12(16)14(18-2)19-15/h5-9H,4H2,1-3H3,(H,18,19). The van der Waals surface area contributed by atoms with Crippen molar-refractivity contribution in [2.75, 3.05) is 24.3 Å². The maximum atomic E-state index is 6.25. The molecule has 1 heterocycles. The lowest BCUT2D eigenvalue weighted by Gasteiger charge is -2.21. The first-order chi connectivity index (χ1) is 9.56. The van der Waals surface area contributed by atoms with Gasteiger partial charge in [-0.05, 0) is 30.2 Å². The fourth-order valence-corrected chi connectivity index (χ4v) is 2.52. The Hall–Kier alpha value is -1.45. The Morgan fingerprint density at radius 2 is 1.80 bits per heavy atom. The molecular formula is C15H17Cl2N3. The summed E-state index contributed by atoms with van der Waals surface area (Å²) in [4.78, 5) is 6.40. The monoisotopic (exact) mass is 309 g/mol. The molecule has 0 aliphatic heterocycles. The summed E-state index contributed by atoms with van der Waals surface area (Å²) in [5.41, 5.74) is 2.33. The van der Waals surface area contributed by atoms with Crippen LogP contribution in [0.3, 0.4) is 0 Å². The van der Waals surface area contributed by atoms with Gasteiger partial charge in [0.2, 0.25) is 0 Å². The summed E-state index contributed by atoms with van der Waals surface area (Å²) in [6, 6.07) is 10.0. The first-order valence-electron chi connectivity index (χ1n) is 6.43. The van der Waals surface area contributed by atoms with Gasteiger partial charge >= 0.3 is 0 Å². The number of pyridine rings is 1. The number of nitrogens with zero attached hydrogens (tertiary/aromatic N) is 2. The fourth-order valence-electron chi connectivity index (χ4n) is 1.94. The number of anilines is 3. The van der Waals surface area contributed by atoms with Gasteiger partial charge in [-0.2, -0.15) is 0 Å². The molecule has 3 nitrogen and oxygen atoms in total. The predicted octanol–water partition coefficient (Wildman–Crippen LogP) is 4.76. The maximum Gasteiger partial charge on any atom is 0.154 e. The van der Waals surface area contributed by atoms with Crippen molar-refractivity contribution in [3.63, 3.8) is 0 Å². The van der Waals surface area contributed by atoms with Crippen molar-refractivity contribution in [1.29, 1.82) is 0 Å². The van der Waals surface area contributed by atoms with Gasteiger partial charge in [0, 0.05) is 19.8 Å². The van der Waals surface area contributed by atoms with E-state index in [0.29, 0.717) is 21.7 Å². The molecule has 2 aromatic rings. The molecule has 0 spiro atoms. The Bertz CT molecular complexity index is 597. The van der Waals surface area contributed by atoms with E-state index in [1.165, 1.54) is 5.56 Å². The molecule has 1 aromatic carbocycles. The van der Waals surface area contributed by atoms with Crippen molar-refractivity contribution < 1.29 is 0 Å². The highest BCUT2D eigenvalue weighted by atomic mass is 35.5. The third-order valence-electron chi connectivity index (χ3n) is 3.20. The molecule has 106 valence electrons. The zero-order chi connectivity index (χ0) is 14.7. The minimum atomic E-state index is 0.510. The molecule has 0 saturated carbocycles. The number of hydrogen-bond donors (Lipinski definition) is 1. The molecule has 0 unspecified atom stereocenters. The minimum absolute atomic E-state index is 0.510. The zero-order valence-corrected chi connectivity index (χ0v) is 13.3. The van der Waals surface area contributed by atoms with Gasteiger partial charge in [0.15, 0.2) is 5.82 Å². The fraction of sp³-hybridized carbons (Fsp3) is 0.267. The number of hydrogen-bond acceptors (Lipinski definition) is 3. The Labute approximate surface area is 129 Å². The highest BCUT2D eigenvalue weighted by Crippen LogP contribution is 2.34. The van der Waals surface area contributed by atoms with E-state index in [1.807, 2.05) is 11.9 Å². The molecule has 0 saturated heterocycles. The van der Waals surface area contributed by atoms with Crippen LogP contribution in [0.4, 0.5) is 17.3 Å². The molecular weight excluding hydrogens is 293 g/mol. The molecule has 0 aliphatic rings. The second kappa shape index (κ2) is 6.33. The number of rotatable bonds is 4. The van der Waals surface area contributed by atoms with Crippen LogP contribution in [-0.2, 0) is 6.42 Å². The van der Waals surface area contributed by atoms with Crippen molar-refractivity contribution in [2.24, 2.45) is 0 Å². The van der Waals surface area contributed by atoms with Gasteiger partial charge in [0.1, 0.15) is 5.82 Å². The summed E-state index contributed by atoms with van der Waals surface area (Å²) in [6.45, 7) is 2.13. The average Bonchev–Trinajstić information content (AvgIpc) is 2.47. The lowest BCUT2D eigenvalue weighted by atomic mass is 10.1. The summed E-state index contributed by atoms with van der Waals surface area (Å²) in [5, 5.41) is 3.99. The van der Waals surface area contributed by atoms with Crippen molar-refractivity contribution in [2.45, 2.75) is 13.3 Å². The summed E-state index contributed by atoms with van der Waals surface area (Å²) >= 11 is 12.3. The van der Waals surface area contributed by atoms with Gasteiger partial charge in [-0.3, -0.25) is 0 Å². The summed E-state index contributed by atoms with van der Waals surface area (Å²) in [5.74, 6) is 1.28. The van der Waals surface area contributed by atoms with Crippen molar-refractivity contribution in [3.05, 3.63) is 45.9 Å². The predicted molar refractivity (Wildman–Crippen MR) is 87.7 cm³/mol. The van der Waals surface area contributed by atoms with Crippen LogP contribution in [0.15, 0.2) is 30.3 Å². The van der Waals surface area contributed by atoms with E-state index >= 15 is 0 Å². The number of aromatic nitrogens is 1. The van der Waals surface area contributed by atoms with Gasteiger partial charge in [0.25, 0.3) is 0 Å². The Balaban J connectivity index is 2.38. The van der Waals surface area contributed by atoms with Crippen LogP contribution in [0.5, 0.6) is 0 Å². The van der Waals surface area contributed by atoms with E-state index in [-0.39, 0.29) is 0 Å². The van der Waals surface area contributed by atoms with Crippen LogP contribution < -0.4 is 10.2 Å². The normalized spacial score (nSPS) is 10.4. The average molecular weight is 310 g/mol. The van der Waals surface area contributed by atoms with E-state index in [2.05, 4.69) is 41.5 Å². The minimum Gasteiger partial charge on any atom is -0.372 e. The largest absolute Gasteiger partial charge is 0.372 e. The second-order valence-electron chi connectivity index (χ2n) is 4.45. The zero-order valence-electron chi connectivity index (χ0n) is 11.7. The van der Waals surface area contributed by atoms with Crippen LogP contribution in [-0.4, -0.2) is 19.1 Å².